The second-order valence-corrected chi connectivity index (χ2v) is 6.22. The van der Waals surface area contributed by atoms with Gasteiger partial charge in [0.1, 0.15) is 0 Å². The first-order valence-corrected chi connectivity index (χ1v) is 7.99. The van der Waals surface area contributed by atoms with Crippen LogP contribution in [0.25, 0.3) is 0 Å². The Hall–Kier alpha value is -0.120. The molecule has 3 fully saturated rings. The Morgan fingerprint density at radius 2 is 2.06 bits per heavy atom. The third-order valence-electron chi connectivity index (χ3n) is 5.14. The van der Waals surface area contributed by atoms with Gasteiger partial charge in [0.25, 0.3) is 0 Å². The maximum atomic E-state index is 5.99. The minimum absolute atomic E-state index is 0.547. The molecule has 18 heavy (non-hydrogen) atoms. The summed E-state index contributed by atoms with van der Waals surface area (Å²) in [6, 6.07) is 2.33. The monoisotopic (exact) mass is 252 g/mol. The Morgan fingerprint density at radius 3 is 2.94 bits per heavy atom. The summed E-state index contributed by atoms with van der Waals surface area (Å²) >= 11 is 0. The molecule has 3 heteroatoms. The fraction of sp³-hybridized carbons (Fsp3) is 1.00. The molecule has 0 aromatic heterocycles. The lowest BCUT2D eigenvalue weighted by Crippen LogP contribution is -2.56. The summed E-state index contributed by atoms with van der Waals surface area (Å²) in [6.07, 6.45) is 10.1. The maximum Gasteiger partial charge on any atom is 0.0731 e. The zero-order chi connectivity index (χ0) is 12.4. The van der Waals surface area contributed by atoms with E-state index in [2.05, 4.69) is 17.1 Å². The molecule has 1 saturated heterocycles. The molecule has 0 bridgehead atoms. The van der Waals surface area contributed by atoms with Crippen LogP contribution >= 0.6 is 0 Å². The molecule has 1 N–H and O–H groups in total. The van der Waals surface area contributed by atoms with Crippen molar-refractivity contribution in [2.75, 3.05) is 19.7 Å². The van der Waals surface area contributed by atoms with Gasteiger partial charge in [0.05, 0.1) is 12.7 Å². The summed E-state index contributed by atoms with van der Waals surface area (Å²) in [7, 11) is 0. The largest absolute Gasteiger partial charge is 0.375 e. The lowest BCUT2D eigenvalue weighted by Gasteiger charge is -2.46. The van der Waals surface area contributed by atoms with E-state index in [1.807, 2.05) is 0 Å². The number of nitrogens with one attached hydrogen (secondary N) is 1. The average molecular weight is 252 g/mol. The van der Waals surface area contributed by atoms with Gasteiger partial charge >= 0.3 is 0 Å². The van der Waals surface area contributed by atoms with E-state index in [4.69, 9.17) is 4.74 Å². The van der Waals surface area contributed by atoms with Gasteiger partial charge in [0.2, 0.25) is 0 Å². The van der Waals surface area contributed by atoms with E-state index in [1.54, 1.807) is 0 Å². The molecule has 0 radical (unpaired) electrons. The van der Waals surface area contributed by atoms with E-state index >= 15 is 0 Å². The summed E-state index contributed by atoms with van der Waals surface area (Å²) in [4.78, 5) is 2.81. The molecule has 1 aliphatic heterocycles. The number of hydrogen-bond acceptors (Lipinski definition) is 3. The molecule has 3 nitrogen and oxygen atoms in total. The van der Waals surface area contributed by atoms with Crippen LogP contribution in [-0.2, 0) is 4.74 Å². The van der Waals surface area contributed by atoms with Crippen LogP contribution in [0.5, 0.6) is 0 Å². The van der Waals surface area contributed by atoms with Gasteiger partial charge in [-0.2, -0.15) is 0 Å². The van der Waals surface area contributed by atoms with Crippen LogP contribution in [-0.4, -0.2) is 48.8 Å². The molecule has 3 rings (SSSR count). The minimum atomic E-state index is 0.547. The highest BCUT2D eigenvalue weighted by molar-refractivity contribution is 4.94. The molecule has 0 amide bonds. The number of hydrogen-bond donors (Lipinski definition) is 1. The van der Waals surface area contributed by atoms with Crippen LogP contribution < -0.4 is 5.32 Å². The van der Waals surface area contributed by atoms with Gasteiger partial charge in [-0.3, -0.25) is 4.90 Å². The average Bonchev–Trinajstić information content (AvgIpc) is 2.87. The SMILES string of the molecule is CCNC1CCC(N2CCOC3CCCCC32)C1. The van der Waals surface area contributed by atoms with E-state index in [0.29, 0.717) is 6.10 Å². The van der Waals surface area contributed by atoms with Crippen molar-refractivity contribution in [3.05, 3.63) is 0 Å². The van der Waals surface area contributed by atoms with Gasteiger partial charge in [-0.15, -0.1) is 0 Å². The van der Waals surface area contributed by atoms with Crippen LogP contribution in [0.15, 0.2) is 0 Å². The Balaban J connectivity index is 1.60. The lowest BCUT2D eigenvalue weighted by atomic mass is 9.89. The number of fused-ring (bicyclic) bond motifs is 1. The molecule has 1 heterocycles. The molecule has 2 aliphatic carbocycles. The van der Waals surface area contributed by atoms with Crippen molar-refractivity contribution in [1.29, 1.82) is 0 Å². The second-order valence-electron chi connectivity index (χ2n) is 6.22. The molecule has 3 aliphatic rings. The van der Waals surface area contributed by atoms with Crippen molar-refractivity contribution in [3.8, 4) is 0 Å². The summed E-state index contributed by atoms with van der Waals surface area (Å²) in [5.74, 6) is 0. The zero-order valence-corrected chi connectivity index (χ0v) is 11.7. The van der Waals surface area contributed by atoms with Gasteiger partial charge in [0, 0.05) is 24.7 Å². The highest BCUT2D eigenvalue weighted by atomic mass is 16.5. The van der Waals surface area contributed by atoms with Crippen molar-refractivity contribution >= 4 is 0 Å². The van der Waals surface area contributed by atoms with Crippen LogP contribution in [0.2, 0.25) is 0 Å². The molecule has 4 atom stereocenters. The Kier molecular flexibility index (Phi) is 4.22. The standard InChI is InChI=1S/C15H28N2O/c1-2-16-12-7-8-13(11-12)17-9-10-18-15-6-4-3-5-14(15)17/h12-16H,2-11H2,1H3. The molecule has 4 unspecified atom stereocenters. The maximum absolute atomic E-state index is 5.99. The summed E-state index contributed by atoms with van der Waals surface area (Å²) in [5, 5.41) is 3.63. The van der Waals surface area contributed by atoms with Gasteiger partial charge in [-0.1, -0.05) is 19.8 Å². The van der Waals surface area contributed by atoms with Crippen molar-refractivity contribution in [2.24, 2.45) is 0 Å². The minimum Gasteiger partial charge on any atom is -0.375 e. The fourth-order valence-electron chi connectivity index (χ4n) is 4.31. The zero-order valence-electron chi connectivity index (χ0n) is 11.7. The van der Waals surface area contributed by atoms with E-state index in [9.17, 15) is 0 Å². The van der Waals surface area contributed by atoms with E-state index in [1.165, 1.54) is 51.5 Å². The van der Waals surface area contributed by atoms with Crippen molar-refractivity contribution < 1.29 is 4.74 Å². The summed E-state index contributed by atoms with van der Waals surface area (Å²) in [5.41, 5.74) is 0. The molecular formula is C15H28N2O. The van der Waals surface area contributed by atoms with Gasteiger partial charge in [-0.05, 0) is 38.6 Å². The molecule has 0 spiro atoms. The first-order chi connectivity index (χ1) is 8.88. The fourth-order valence-corrected chi connectivity index (χ4v) is 4.31. The number of ether oxygens (including phenoxy) is 1. The first kappa shape index (κ1) is 12.9. The predicted octanol–water partition coefficient (Wildman–Crippen LogP) is 2.16. The first-order valence-electron chi connectivity index (χ1n) is 7.99. The lowest BCUT2D eigenvalue weighted by molar-refractivity contribution is -0.102. The molecular weight excluding hydrogens is 224 g/mol. The van der Waals surface area contributed by atoms with Crippen molar-refractivity contribution in [3.63, 3.8) is 0 Å². The molecule has 0 aromatic carbocycles. The van der Waals surface area contributed by atoms with Gasteiger partial charge in [0.15, 0.2) is 0 Å². The van der Waals surface area contributed by atoms with Crippen molar-refractivity contribution in [1.82, 2.24) is 10.2 Å². The van der Waals surface area contributed by atoms with E-state index < -0.39 is 0 Å². The van der Waals surface area contributed by atoms with Gasteiger partial charge < -0.3 is 10.1 Å². The van der Waals surface area contributed by atoms with E-state index in [-0.39, 0.29) is 0 Å². The Morgan fingerprint density at radius 1 is 1.17 bits per heavy atom. The smallest absolute Gasteiger partial charge is 0.0731 e. The highest BCUT2D eigenvalue weighted by Gasteiger charge is 2.39. The van der Waals surface area contributed by atoms with Crippen LogP contribution in [0.4, 0.5) is 0 Å². The number of nitrogens with zero attached hydrogens (tertiary/aromatic N) is 1. The topological polar surface area (TPSA) is 24.5 Å². The molecule has 0 aromatic rings. The van der Waals surface area contributed by atoms with Gasteiger partial charge in [-0.25, -0.2) is 0 Å². The molecule has 104 valence electrons. The van der Waals surface area contributed by atoms with E-state index in [0.717, 1.165) is 31.3 Å². The number of rotatable bonds is 3. The second kappa shape index (κ2) is 5.89. The normalized spacial score (nSPS) is 41.8. The van der Waals surface area contributed by atoms with Crippen LogP contribution in [0.3, 0.4) is 0 Å². The Bertz CT molecular complexity index is 269. The quantitative estimate of drug-likeness (QED) is 0.833. The third kappa shape index (κ3) is 2.59. The predicted molar refractivity (Wildman–Crippen MR) is 73.8 cm³/mol. The van der Waals surface area contributed by atoms with Crippen LogP contribution in [0.1, 0.15) is 51.9 Å². The van der Waals surface area contributed by atoms with Crippen molar-refractivity contribution in [2.45, 2.75) is 76.1 Å². The summed E-state index contributed by atoms with van der Waals surface area (Å²) in [6.45, 7) is 5.47. The Labute approximate surface area is 111 Å². The highest BCUT2D eigenvalue weighted by Crippen LogP contribution is 2.34. The summed E-state index contributed by atoms with van der Waals surface area (Å²) < 4.78 is 5.99. The molecule has 2 saturated carbocycles. The third-order valence-corrected chi connectivity index (χ3v) is 5.14. The number of morpholine rings is 1. The van der Waals surface area contributed by atoms with Crippen LogP contribution in [0, 0.1) is 0 Å².